The second-order valence-electron chi connectivity index (χ2n) is 2.80. The lowest BCUT2D eigenvalue weighted by Gasteiger charge is -2.09. The van der Waals surface area contributed by atoms with Crippen LogP contribution in [-0.2, 0) is 9.53 Å². The summed E-state index contributed by atoms with van der Waals surface area (Å²) in [6.45, 7) is 4.25. The molecule has 3 heteroatoms. The van der Waals surface area contributed by atoms with E-state index in [2.05, 4.69) is 11.9 Å². The number of carbonyl (C=O) groups excluding carboxylic acids is 1. The smallest absolute Gasteiger partial charge is 0.356 e. The molecule has 1 rings (SSSR count). The first-order valence-corrected chi connectivity index (χ1v) is 4.15. The van der Waals surface area contributed by atoms with E-state index in [0.717, 1.165) is 6.42 Å². The average molecular weight is 167 g/mol. The van der Waals surface area contributed by atoms with E-state index < -0.39 is 0 Å². The van der Waals surface area contributed by atoms with Gasteiger partial charge in [0.15, 0.2) is 0 Å². The summed E-state index contributed by atoms with van der Waals surface area (Å²) < 4.78 is 4.80. The molecule has 0 spiro atoms. The summed E-state index contributed by atoms with van der Waals surface area (Å²) in [6, 6.07) is 0. The highest BCUT2D eigenvalue weighted by molar-refractivity contribution is 5.90. The molecule has 0 amide bonds. The number of hydrogen-bond donors (Lipinski definition) is 0. The maximum absolute atomic E-state index is 11.1. The molecular weight excluding hydrogens is 154 g/mol. The summed E-state index contributed by atoms with van der Waals surface area (Å²) in [5.41, 5.74) is 0.440. The fourth-order valence-electron chi connectivity index (χ4n) is 0.960. The third-order valence-corrected chi connectivity index (χ3v) is 1.64. The highest BCUT2D eigenvalue weighted by Crippen LogP contribution is 2.12. The maximum atomic E-state index is 11.1. The molecule has 0 saturated carbocycles. The molecule has 1 unspecified atom stereocenters. The quantitative estimate of drug-likeness (QED) is 0.585. The number of ether oxygens (including phenoxy) is 1. The summed E-state index contributed by atoms with van der Waals surface area (Å²) >= 11 is 0. The fourth-order valence-corrected chi connectivity index (χ4v) is 0.960. The Labute approximate surface area is 72.1 Å². The van der Waals surface area contributed by atoms with Gasteiger partial charge in [0.2, 0.25) is 0 Å². The van der Waals surface area contributed by atoms with Crippen LogP contribution >= 0.6 is 0 Å². The van der Waals surface area contributed by atoms with Crippen LogP contribution in [0.15, 0.2) is 16.8 Å². The van der Waals surface area contributed by atoms with Gasteiger partial charge in [-0.2, -0.15) is 0 Å². The van der Waals surface area contributed by atoms with Crippen LogP contribution < -0.4 is 0 Å². The van der Waals surface area contributed by atoms with Gasteiger partial charge in [-0.05, 0) is 19.3 Å². The summed E-state index contributed by atoms with van der Waals surface area (Å²) in [7, 11) is 0. The number of rotatable bonds is 2. The van der Waals surface area contributed by atoms with Gasteiger partial charge in [-0.1, -0.05) is 13.0 Å². The summed E-state index contributed by atoms with van der Waals surface area (Å²) in [4.78, 5) is 15.1. The number of esters is 1. The largest absolute Gasteiger partial charge is 0.461 e. The second-order valence-corrected chi connectivity index (χ2v) is 2.80. The number of nitrogens with zero attached hydrogens (tertiary/aromatic N) is 1. The minimum atomic E-state index is -0.319. The SMILES string of the molecule is CCOC(=O)C1=CCC(C)C=N1. The van der Waals surface area contributed by atoms with E-state index in [-0.39, 0.29) is 5.97 Å². The van der Waals surface area contributed by atoms with E-state index >= 15 is 0 Å². The molecule has 1 aliphatic rings. The molecule has 0 aromatic rings. The Kier molecular flexibility index (Phi) is 3.02. The minimum Gasteiger partial charge on any atom is -0.461 e. The first kappa shape index (κ1) is 8.97. The number of allylic oxidation sites excluding steroid dienone is 1. The van der Waals surface area contributed by atoms with Gasteiger partial charge in [0, 0.05) is 6.21 Å². The van der Waals surface area contributed by atoms with Crippen LogP contribution in [0.2, 0.25) is 0 Å². The summed E-state index contributed by atoms with van der Waals surface area (Å²) in [5.74, 6) is 0.115. The van der Waals surface area contributed by atoms with Crippen molar-refractivity contribution in [1.82, 2.24) is 0 Å². The van der Waals surface area contributed by atoms with Crippen LogP contribution in [0.1, 0.15) is 20.3 Å². The van der Waals surface area contributed by atoms with Crippen molar-refractivity contribution in [3.63, 3.8) is 0 Å². The molecule has 12 heavy (non-hydrogen) atoms. The van der Waals surface area contributed by atoms with Crippen molar-refractivity contribution in [3.8, 4) is 0 Å². The minimum absolute atomic E-state index is 0.319. The molecular formula is C9H13NO2. The van der Waals surface area contributed by atoms with Crippen LogP contribution in [0.4, 0.5) is 0 Å². The molecule has 0 aromatic carbocycles. The Balaban J connectivity index is 2.54. The molecule has 0 aromatic heterocycles. The summed E-state index contributed by atoms with van der Waals surface area (Å²) in [5, 5.41) is 0. The molecule has 1 heterocycles. The summed E-state index contributed by atoms with van der Waals surface area (Å²) in [6.07, 6.45) is 4.48. The van der Waals surface area contributed by atoms with E-state index in [9.17, 15) is 4.79 Å². The normalized spacial score (nSPS) is 21.8. The molecule has 0 bridgehead atoms. The van der Waals surface area contributed by atoms with Crippen molar-refractivity contribution in [2.45, 2.75) is 20.3 Å². The van der Waals surface area contributed by atoms with E-state index in [4.69, 9.17) is 4.74 Å². The molecule has 0 aliphatic carbocycles. The van der Waals surface area contributed by atoms with Gasteiger partial charge in [-0.15, -0.1) is 0 Å². The van der Waals surface area contributed by atoms with Crippen LogP contribution in [0.3, 0.4) is 0 Å². The number of aliphatic imine (C=N–C) groups is 1. The third-order valence-electron chi connectivity index (χ3n) is 1.64. The monoisotopic (exact) mass is 167 g/mol. The Morgan fingerprint density at radius 3 is 3.08 bits per heavy atom. The van der Waals surface area contributed by atoms with Crippen molar-refractivity contribution in [2.24, 2.45) is 10.9 Å². The molecule has 1 atom stereocenters. The zero-order valence-corrected chi connectivity index (χ0v) is 7.41. The Morgan fingerprint density at radius 1 is 1.83 bits per heavy atom. The zero-order valence-electron chi connectivity index (χ0n) is 7.41. The predicted molar refractivity (Wildman–Crippen MR) is 47.0 cm³/mol. The number of hydrogen-bond acceptors (Lipinski definition) is 3. The molecule has 3 nitrogen and oxygen atoms in total. The van der Waals surface area contributed by atoms with Gasteiger partial charge in [0.1, 0.15) is 5.70 Å². The van der Waals surface area contributed by atoms with Gasteiger partial charge in [-0.3, -0.25) is 4.99 Å². The van der Waals surface area contributed by atoms with Crippen molar-refractivity contribution < 1.29 is 9.53 Å². The third kappa shape index (κ3) is 2.19. The molecule has 0 radical (unpaired) electrons. The van der Waals surface area contributed by atoms with Gasteiger partial charge in [0.05, 0.1) is 6.61 Å². The molecule has 1 aliphatic heterocycles. The Morgan fingerprint density at radius 2 is 2.58 bits per heavy atom. The molecule has 0 saturated heterocycles. The number of carbonyl (C=O) groups is 1. The fraction of sp³-hybridized carbons (Fsp3) is 0.556. The topological polar surface area (TPSA) is 38.7 Å². The van der Waals surface area contributed by atoms with Gasteiger partial charge in [-0.25, -0.2) is 4.79 Å². The average Bonchev–Trinajstić information content (AvgIpc) is 2.06. The van der Waals surface area contributed by atoms with Crippen molar-refractivity contribution in [3.05, 3.63) is 11.8 Å². The van der Waals surface area contributed by atoms with Gasteiger partial charge in [0.25, 0.3) is 0 Å². The van der Waals surface area contributed by atoms with Gasteiger partial charge >= 0.3 is 5.97 Å². The van der Waals surface area contributed by atoms with Crippen molar-refractivity contribution in [2.75, 3.05) is 6.61 Å². The standard InChI is InChI=1S/C9H13NO2/c1-3-12-9(11)8-5-4-7(2)6-10-8/h5-7H,3-4H2,1-2H3. The molecule has 66 valence electrons. The van der Waals surface area contributed by atoms with E-state index in [1.807, 2.05) is 6.08 Å². The lowest BCUT2D eigenvalue weighted by molar-refractivity contribution is -0.138. The maximum Gasteiger partial charge on any atom is 0.356 e. The van der Waals surface area contributed by atoms with Crippen LogP contribution in [0, 0.1) is 5.92 Å². The van der Waals surface area contributed by atoms with Crippen LogP contribution in [0.25, 0.3) is 0 Å². The molecule has 0 fully saturated rings. The first-order valence-electron chi connectivity index (χ1n) is 4.15. The van der Waals surface area contributed by atoms with E-state index in [0.29, 0.717) is 18.2 Å². The van der Waals surface area contributed by atoms with Crippen molar-refractivity contribution in [1.29, 1.82) is 0 Å². The Bertz CT molecular complexity index is 231. The lowest BCUT2D eigenvalue weighted by Crippen LogP contribution is -2.10. The molecule has 0 N–H and O–H groups in total. The van der Waals surface area contributed by atoms with Crippen LogP contribution in [-0.4, -0.2) is 18.8 Å². The first-order chi connectivity index (χ1) is 5.74. The second kappa shape index (κ2) is 4.04. The van der Waals surface area contributed by atoms with Crippen LogP contribution in [0.5, 0.6) is 0 Å². The zero-order chi connectivity index (χ0) is 8.97. The highest BCUT2D eigenvalue weighted by Gasteiger charge is 2.12. The highest BCUT2D eigenvalue weighted by atomic mass is 16.5. The van der Waals surface area contributed by atoms with E-state index in [1.54, 1.807) is 13.1 Å². The van der Waals surface area contributed by atoms with E-state index in [1.165, 1.54) is 0 Å². The van der Waals surface area contributed by atoms with Gasteiger partial charge < -0.3 is 4.74 Å². The lowest BCUT2D eigenvalue weighted by atomic mass is 10.1. The predicted octanol–water partition coefficient (Wildman–Crippen LogP) is 1.54. The Hall–Kier alpha value is -1.12. The van der Waals surface area contributed by atoms with Crippen molar-refractivity contribution >= 4 is 12.2 Å².